The summed E-state index contributed by atoms with van der Waals surface area (Å²) < 4.78 is 41.8. The Morgan fingerprint density at radius 3 is 2.35 bits per heavy atom. The first kappa shape index (κ1) is 11.6. The summed E-state index contributed by atoms with van der Waals surface area (Å²) in [6.07, 6.45) is -4.46. The van der Waals surface area contributed by atoms with Gasteiger partial charge in [0, 0.05) is 11.3 Å². The Hall–Kier alpha value is -1.91. The molecule has 0 saturated heterocycles. The van der Waals surface area contributed by atoms with Crippen LogP contribution in [0.2, 0.25) is 0 Å². The molecule has 0 unspecified atom stereocenters. The molecule has 2 aromatic rings. The lowest BCUT2D eigenvalue weighted by atomic mass is 10.1. The molecule has 0 saturated carbocycles. The van der Waals surface area contributed by atoms with Crippen molar-refractivity contribution in [1.82, 2.24) is 0 Å². The lowest BCUT2D eigenvalue weighted by Crippen LogP contribution is -2.01. The molecule has 0 radical (unpaired) electrons. The number of nitrogens with two attached hydrogens (primary N) is 1. The standard InChI is InChI=1S/C12H10F3NO/c1-7-4-8(6-9(16)5-7)10-2-3-11(17-10)12(13,14)15/h2-6H,16H2,1H3. The van der Waals surface area contributed by atoms with Gasteiger partial charge in [0.25, 0.3) is 0 Å². The zero-order valence-corrected chi connectivity index (χ0v) is 9.01. The number of aryl methyl sites for hydroxylation is 1. The van der Waals surface area contributed by atoms with Crippen LogP contribution in [0.4, 0.5) is 18.9 Å². The molecule has 2 rings (SSSR count). The van der Waals surface area contributed by atoms with Crippen molar-refractivity contribution in [3.63, 3.8) is 0 Å². The molecular formula is C12H10F3NO. The third kappa shape index (κ3) is 2.43. The van der Waals surface area contributed by atoms with Crippen LogP contribution in [0.5, 0.6) is 0 Å². The minimum absolute atomic E-state index is 0.160. The van der Waals surface area contributed by atoms with Crippen molar-refractivity contribution in [3.05, 3.63) is 41.7 Å². The summed E-state index contributed by atoms with van der Waals surface area (Å²) in [6.45, 7) is 1.81. The number of halogens is 3. The highest BCUT2D eigenvalue weighted by Gasteiger charge is 2.34. The molecule has 1 heterocycles. The lowest BCUT2D eigenvalue weighted by Gasteiger charge is -2.03. The van der Waals surface area contributed by atoms with Crippen molar-refractivity contribution < 1.29 is 17.6 Å². The zero-order valence-electron chi connectivity index (χ0n) is 9.01. The second-order valence-corrected chi connectivity index (χ2v) is 3.79. The molecule has 1 aromatic heterocycles. The molecule has 5 heteroatoms. The predicted octanol–water partition coefficient (Wildman–Crippen LogP) is 3.86. The van der Waals surface area contributed by atoms with E-state index in [2.05, 4.69) is 0 Å². The minimum atomic E-state index is -4.46. The molecule has 0 aliphatic carbocycles. The van der Waals surface area contributed by atoms with Gasteiger partial charge in [0.2, 0.25) is 5.76 Å². The molecule has 17 heavy (non-hydrogen) atoms. The molecule has 2 N–H and O–H groups in total. The van der Waals surface area contributed by atoms with Crippen LogP contribution in [-0.2, 0) is 6.18 Å². The van der Waals surface area contributed by atoms with E-state index in [1.807, 2.05) is 6.92 Å². The summed E-state index contributed by atoms with van der Waals surface area (Å²) in [4.78, 5) is 0. The SMILES string of the molecule is Cc1cc(N)cc(-c2ccc(C(F)(F)F)o2)c1. The number of benzene rings is 1. The highest BCUT2D eigenvalue weighted by Crippen LogP contribution is 2.34. The number of hydrogen-bond donors (Lipinski definition) is 1. The van der Waals surface area contributed by atoms with Gasteiger partial charge in [-0.25, -0.2) is 0 Å². The second-order valence-electron chi connectivity index (χ2n) is 3.79. The average molecular weight is 241 g/mol. The van der Waals surface area contributed by atoms with Crippen LogP contribution in [0, 0.1) is 6.92 Å². The Bertz CT molecular complexity index is 523. The van der Waals surface area contributed by atoms with Gasteiger partial charge in [-0.15, -0.1) is 0 Å². The number of rotatable bonds is 1. The third-order valence-corrected chi connectivity index (χ3v) is 2.27. The van der Waals surface area contributed by atoms with Crippen LogP contribution >= 0.6 is 0 Å². The smallest absolute Gasteiger partial charge is 0.449 e. The van der Waals surface area contributed by atoms with Crippen LogP contribution in [0.25, 0.3) is 11.3 Å². The van der Waals surface area contributed by atoms with Crippen LogP contribution in [0.15, 0.2) is 34.7 Å². The normalized spacial score (nSPS) is 11.8. The maximum absolute atomic E-state index is 12.4. The van der Waals surface area contributed by atoms with Crippen molar-refractivity contribution in [1.29, 1.82) is 0 Å². The highest BCUT2D eigenvalue weighted by atomic mass is 19.4. The summed E-state index contributed by atoms with van der Waals surface area (Å²) in [6, 6.07) is 7.23. The summed E-state index contributed by atoms with van der Waals surface area (Å²) in [5, 5.41) is 0. The van der Waals surface area contributed by atoms with Crippen molar-refractivity contribution in [2.75, 3.05) is 5.73 Å². The first-order valence-corrected chi connectivity index (χ1v) is 4.91. The van der Waals surface area contributed by atoms with E-state index in [1.54, 1.807) is 18.2 Å². The van der Waals surface area contributed by atoms with E-state index in [0.717, 1.165) is 11.6 Å². The lowest BCUT2D eigenvalue weighted by molar-refractivity contribution is -0.152. The molecule has 0 aliphatic rings. The van der Waals surface area contributed by atoms with E-state index in [9.17, 15) is 13.2 Å². The molecule has 0 atom stereocenters. The van der Waals surface area contributed by atoms with Crippen LogP contribution in [-0.4, -0.2) is 0 Å². The van der Waals surface area contributed by atoms with Crippen molar-refractivity contribution in [2.24, 2.45) is 0 Å². The fraction of sp³-hybridized carbons (Fsp3) is 0.167. The first-order valence-electron chi connectivity index (χ1n) is 4.91. The fourth-order valence-electron chi connectivity index (χ4n) is 1.60. The Morgan fingerprint density at radius 1 is 1.12 bits per heavy atom. The maximum Gasteiger partial charge on any atom is 0.449 e. The molecule has 1 aromatic carbocycles. The Balaban J connectivity index is 2.44. The number of alkyl halides is 3. The summed E-state index contributed by atoms with van der Waals surface area (Å²) in [5.41, 5.74) is 7.52. The number of hydrogen-bond acceptors (Lipinski definition) is 2. The largest absolute Gasteiger partial charge is 0.452 e. The first-order chi connectivity index (χ1) is 7.86. The fourth-order valence-corrected chi connectivity index (χ4v) is 1.60. The molecule has 2 nitrogen and oxygen atoms in total. The zero-order chi connectivity index (χ0) is 12.6. The Kier molecular flexibility index (Phi) is 2.61. The third-order valence-electron chi connectivity index (χ3n) is 2.27. The van der Waals surface area contributed by atoms with Gasteiger partial charge in [-0.3, -0.25) is 0 Å². The molecule has 0 bridgehead atoms. The monoisotopic (exact) mass is 241 g/mol. The van der Waals surface area contributed by atoms with E-state index >= 15 is 0 Å². The predicted molar refractivity (Wildman–Crippen MR) is 58.3 cm³/mol. The summed E-state index contributed by atoms with van der Waals surface area (Å²) in [7, 11) is 0. The van der Waals surface area contributed by atoms with Crippen molar-refractivity contribution in [2.45, 2.75) is 13.1 Å². The van der Waals surface area contributed by atoms with Crippen LogP contribution < -0.4 is 5.73 Å². The number of anilines is 1. The molecular weight excluding hydrogens is 231 g/mol. The van der Waals surface area contributed by atoms with E-state index in [4.69, 9.17) is 10.2 Å². The van der Waals surface area contributed by atoms with Crippen LogP contribution in [0.1, 0.15) is 11.3 Å². The van der Waals surface area contributed by atoms with Gasteiger partial charge in [0.15, 0.2) is 0 Å². The average Bonchev–Trinajstić information content (AvgIpc) is 2.63. The molecule has 90 valence electrons. The van der Waals surface area contributed by atoms with Gasteiger partial charge >= 0.3 is 6.18 Å². The van der Waals surface area contributed by atoms with Gasteiger partial charge in [-0.1, -0.05) is 0 Å². The quantitative estimate of drug-likeness (QED) is 0.770. The topological polar surface area (TPSA) is 39.2 Å². The Morgan fingerprint density at radius 2 is 1.82 bits per heavy atom. The van der Waals surface area contributed by atoms with Gasteiger partial charge in [0.05, 0.1) is 0 Å². The van der Waals surface area contributed by atoms with Crippen LogP contribution in [0.3, 0.4) is 0 Å². The molecule has 0 amide bonds. The molecule has 0 spiro atoms. The van der Waals surface area contributed by atoms with Gasteiger partial charge in [-0.2, -0.15) is 13.2 Å². The maximum atomic E-state index is 12.4. The number of nitrogen functional groups attached to an aromatic ring is 1. The van der Waals surface area contributed by atoms with Crippen molar-refractivity contribution in [3.8, 4) is 11.3 Å². The Labute approximate surface area is 95.8 Å². The molecule has 0 fully saturated rings. The van der Waals surface area contributed by atoms with Crippen molar-refractivity contribution >= 4 is 5.69 Å². The summed E-state index contributed by atoms with van der Waals surface area (Å²) >= 11 is 0. The highest BCUT2D eigenvalue weighted by molar-refractivity contribution is 5.64. The number of furan rings is 1. The minimum Gasteiger partial charge on any atom is -0.452 e. The molecule has 0 aliphatic heterocycles. The summed E-state index contributed by atoms with van der Waals surface area (Å²) in [5.74, 6) is -0.847. The van der Waals surface area contributed by atoms with Gasteiger partial charge in [-0.05, 0) is 42.8 Å². The second kappa shape index (κ2) is 3.84. The van der Waals surface area contributed by atoms with E-state index in [1.165, 1.54) is 6.07 Å². The van der Waals surface area contributed by atoms with E-state index < -0.39 is 11.9 Å². The van der Waals surface area contributed by atoms with Gasteiger partial charge < -0.3 is 10.2 Å². The van der Waals surface area contributed by atoms with E-state index in [-0.39, 0.29) is 5.76 Å². The van der Waals surface area contributed by atoms with E-state index in [0.29, 0.717) is 11.3 Å². The van der Waals surface area contributed by atoms with Gasteiger partial charge in [0.1, 0.15) is 5.76 Å².